The molecule has 1 N–H and O–H groups in total. The summed E-state index contributed by atoms with van der Waals surface area (Å²) in [5.41, 5.74) is 2.53. The molecule has 0 aromatic heterocycles. The lowest BCUT2D eigenvalue weighted by molar-refractivity contribution is 0.230. The molecule has 82 valence electrons. The van der Waals surface area contributed by atoms with Crippen LogP contribution in [0.3, 0.4) is 0 Å². The summed E-state index contributed by atoms with van der Waals surface area (Å²) in [6, 6.07) is 10.3. The third-order valence-corrected chi connectivity index (χ3v) is 2.21. The minimum Gasteiger partial charge on any atom is -0.395 e. The molecular formula is C13H19NO. The van der Waals surface area contributed by atoms with Crippen LogP contribution < -0.4 is 0 Å². The molecule has 0 fully saturated rings. The molecule has 0 aliphatic heterocycles. The first-order valence-electron chi connectivity index (χ1n) is 5.24. The summed E-state index contributed by atoms with van der Waals surface area (Å²) in [5, 5.41) is 8.78. The standard InChI is InChI=1S/C13H19NO/c1-12(11-14(2)8-9-15)10-13-6-4-3-5-7-13/h3-7,10,15H,8-9,11H2,1-2H3/b12-10+. The van der Waals surface area contributed by atoms with Gasteiger partial charge in [-0.05, 0) is 19.5 Å². The van der Waals surface area contributed by atoms with Crippen LogP contribution in [0.1, 0.15) is 12.5 Å². The molecule has 0 aliphatic rings. The van der Waals surface area contributed by atoms with Gasteiger partial charge in [-0.2, -0.15) is 0 Å². The van der Waals surface area contributed by atoms with Gasteiger partial charge in [0.05, 0.1) is 6.61 Å². The fraction of sp³-hybridized carbons (Fsp3) is 0.385. The highest BCUT2D eigenvalue weighted by Gasteiger charge is 1.97. The molecule has 0 heterocycles. The van der Waals surface area contributed by atoms with Crippen molar-refractivity contribution >= 4 is 6.08 Å². The van der Waals surface area contributed by atoms with Crippen LogP contribution in [0.15, 0.2) is 35.9 Å². The largest absolute Gasteiger partial charge is 0.395 e. The van der Waals surface area contributed by atoms with E-state index in [1.165, 1.54) is 11.1 Å². The van der Waals surface area contributed by atoms with Gasteiger partial charge in [-0.1, -0.05) is 42.0 Å². The lowest BCUT2D eigenvalue weighted by atomic mass is 10.1. The van der Waals surface area contributed by atoms with E-state index in [9.17, 15) is 0 Å². The van der Waals surface area contributed by atoms with E-state index in [4.69, 9.17) is 5.11 Å². The van der Waals surface area contributed by atoms with Crippen molar-refractivity contribution in [1.82, 2.24) is 4.90 Å². The van der Waals surface area contributed by atoms with Crippen LogP contribution in [0.4, 0.5) is 0 Å². The van der Waals surface area contributed by atoms with Gasteiger partial charge >= 0.3 is 0 Å². The number of benzene rings is 1. The van der Waals surface area contributed by atoms with E-state index in [1.54, 1.807) is 0 Å². The highest BCUT2D eigenvalue weighted by molar-refractivity contribution is 5.52. The molecule has 1 rings (SSSR count). The second-order valence-electron chi connectivity index (χ2n) is 3.86. The Bertz CT molecular complexity index is 306. The van der Waals surface area contributed by atoms with Crippen LogP contribution in [0, 0.1) is 0 Å². The van der Waals surface area contributed by atoms with Gasteiger partial charge in [0, 0.05) is 13.1 Å². The average molecular weight is 205 g/mol. The maximum Gasteiger partial charge on any atom is 0.0558 e. The zero-order chi connectivity index (χ0) is 11.1. The fourth-order valence-electron chi connectivity index (χ4n) is 1.55. The molecule has 1 aromatic rings. The van der Waals surface area contributed by atoms with Gasteiger partial charge in [0.1, 0.15) is 0 Å². The van der Waals surface area contributed by atoms with Crippen molar-refractivity contribution in [2.24, 2.45) is 0 Å². The van der Waals surface area contributed by atoms with Crippen molar-refractivity contribution in [2.75, 3.05) is 26.7 Å². The quantitative estimate of drug-likeness (QED) is 0.795. The van der Waals surface area contributed by atoms with Crippen molar-refractivity contribution in [3.63, 3.8) is 0 Å². The van der Waals surface area contributed by atoms with Crippen LogP contribution in [0.25, 0.3) is 6.08 Å². The predicted octanol–water partition coefficient (Wildman–Crippen LogP) is 2.01. The molecule has 1 aromatic carbocycles. The zero-order valence-corrected chi connectivity index (χ0v) is 9.48. The SMILES string of the molecule is C/C(=C\c1ccccc1)CN(C)CCO. The molecule has 0 unspecified atom stereocenters. The van der Waals surface area contributed by atoms with Gasteiger partial charge in [-0.3, -0.25) is 0 Å². The maximum atomic E-state index is 8.78. The van der Waals surface area contributed by atoms with Crippen molar-refractivity contribution < 1.29 is 5.11 Å². The molecule has 0 saturated carbocycles. The monoisotopic (exact) mass is 205 g/mol. The fourth-order valence-corrected chi connectivity index (χ4v) is 1.55. The average Bonchev–Trinajstić information content (AvgIpc) is 2.19. The molecule has 0 saturated heterocycles. The number of aliphatic hydroxyl groups excluding tert-OH is 1. The Hall–Kier alpha value is -1.12. The third kappa shape index (κ3) is 4.77. The summed E-state index contributed by atoms with van der Waals surface area (Å²) in [4.78, 5) is 2.11. The summed E-state index contributed by atoms with van der Waals surface area (Å²) in [5.74, 6) is 0. The van der Waals surface area contributed by atoms with E-state index >= 15 is 0 Å². The van der Waals surface area contributed by atoms with Crippen LogP contribution >= 0.6 is 0 Å². The Balaban J connectivity index is 2.53. The molecule has 0 spiro atoms. The molecular weight excluding hydrogens is 186 g/mol. The van der Waals surface area contributed by atoms with E-state index in [0.717, 1.165) is 13.1 Å². The first-order valence-corrected chi connectivity index (χ1v) is 5.24. The number of hydrogen-bond acceptors (Lipinski definition) is 2. The summed E-state index contributed by atoms with van der Waals surface area (Å²) < 4.78 is 0. The Morgan fingerprint density at radius 2 is 2.00 bits per heavy atom. The minimum atomic E-state index is 0.217. The minimum absolute atomic E-state index is 0.217. The molecule has 0 bridgehead atoms. The Labute approximate surface area is 91.9 Å². The molecule has 2 heteroatoms. The van der Waals surface area contributed by atoms with E-state index in [2.05, 4.69) is 30.0 Å². The van der Waals surface area contributed by atoms with Gasteiger partial charge in [-0.25, -0.2) is 0 Å². The highest BCUT2D eigenvalue weighted by Crippen LogP contribution is 2.06. The Kier molecular flexibility index (Phi) is 5.08. The first-order chi connectivity index (χ1) is 7.22. The smallest absolute Gasteiger partial charge is 0.0558 e. The first kappa shape index (κ1) is 12.0. The lowest BCUT2D eigenvalue weighted by Gasteiger charge is -2.15. The summed E-state index contributed by atoms with van der Waals surface area (Å²) in [7, 11) is 2.01. The Morgan fingerprint density at radius 3 is 2.60 bits per heavy atom. The van der Waals surface area contributed by atoms with Crippen molar-refractivity contribution in [2.45, 2.75) is 6.92 Å². The number of hydrogen-bond donors (Lipinski definition) is 1. The van der Waals surface area contributed by atoms with Crippen LogP contribution in [0.5, 0.6) is 0 Å². The van der Waals surface area contributed by atoms with Crippen LogP contribution in [-0.4, -0.2) is 36.8 Å². The van der Waals surface area contributed by atoms with Gasteiger partial charge in [0.25, 0.3) is 0 Å². The second kappa shape index (κ2) is 6.38. The summed E-state index contributed by atoms with van der Waals surface area (Å²) >= 11 is 0. The van der Waals surface area contributed by atoms with Gasteiger partial charge in [0.2, 0.25) is 0 Å². The van der Waals surface area contributed by atoms with E-state index in [1.807, 2.05) is 25.2 Å². The normalized spacial score (nSPS) is 12.1. The Morgan fingerprint density at radius 1 is 1.33 bits per heavy atom. The van der Waals surface area contributed by atoms with Gasteiger partial charge in [0.15, 0.2) is 0 Å². The van der Waals surface area contributed by atoms with E-state index < -0.39 is 0 Å². The van der Waals surface area contributed by atoms with Gasteiger partial charge in [-0.15, -0.1) is 0 Å². The number of aliphatic hydroxyl groups is 1. The molecule has 0 aliphatic carbocycles. The molecule has 0 radical (unpaired) electrons. The lowest BCUT2D eigenvalue weighted by Crippen LogP contribution is -2.23. The molecule has 0 atom stereocenters. The van der Waals surface area contributed by atoms with Gasteiger partial charge < -0.3 is 10.0 Å². The number of nitrogens with zero attached hydrogens (tertiary/aromatic N) is 1. The highest BCUT2D eigenvalue weighted by atomic mass is 16.3. The summed E-state index contributed by atoms with van der Waals surface area (Å²) in [6.45, 7) is 3.95. The molecule has 0 amide bonds. The number of likely N-dealkylation sites (N-methyl/N-ethyl adjacent to an activating group) is 1. The third-order valence-electron chi connectivity index (χ3n) is 2.21. The predicted molar refractivity (Wildman–Crippen MR) is 64.7 cm³/mol. The molecule has 15 heavy (non-hydrogen) atoms. The van der Waals surface area contributed by atoms with E-state index in [-0.39, 0.29) is 6.61 Å². The maximum absolute atomic E-state index is 8.78. The second-order valence-corrected chi connectivity index (χ2v) is 3.86. The van der Waals surface area contributed by atoms with Crippen LogP contribution in [-0.2, 0) is 0 Å². The summed E-state index contributed by atoms with van der Waals surface area (Å²) in [6.07, 6.45) is 2.17. The zero-order valence-electron chi connectivity index (χ0n) is 9.48. The van der Waals surface area contributed by atoms with Crippen molar-refractivity contribution in [1.29, 1.82) is 0 Å². The van der Waals surface area contributed by atoms with Crippen LogP contribution in [0.2, 0.25) is 0 Å². The topological polar surface area (TPSA) is 23.5 Å². The van der Waals surface area contributed by atoms with Crippen molar-refractivity contribution in [3.05, 3.63) is 41.5 Å². The van der Waals surface area contributed by atoms with E-state index in [0.29, 0.717) is 0 Å². The van der Waals surface area contributed by atoms with Crippen molar-refractivity contribution in [3.8, 4) is 0 Å². The molecule has 2 nitrogen and oxygen atoms in total. The number of rotatable bonds is 5.